The highest BCUT2D eigenvalue weighted by Crippen LogP contribution is 2.18. The minimum absolute atomic E-state index is 0.124. The zero-order chi connectivity index (χ0) is 17.6. The molecule has 2 aromatic heterocycles. The van der Waals surface area contributed by atoms with Crippen LogP contribution in [0.1, 0.15) is 28.9 Å². The smallest absolute Gasteiger partial charge is 0.253 e. The fourth-order valence-electron chi connectivity index (χ4n) is 2.39. The molecular weight excluding hydrogens is 316 g/mol. The summed E-state index contributed by atoms with van der Waals surface area (Å²) in [6.07, 6.45) is 6.38. The highest BCUT2D eigenvalue weighted by molar-refractivity contribution is 5.94. The maximum atomic E-state index is 12.4. The van der Waals surface area contributed by atoms with Gasteiger partial charge in [0.1, 0.15) is 12.1 Å². The van der Waals surface area contributed by atoms with Crippen LogP contribution in [-0.2, 0) is 0 Å². The summed E-state index contributed by atoms with van der Waals surface area (Å²) in [7, 11) is 1.62. The third kappa shape index (κ3) is 3.98. The second-order valence-corrected chi connectivity index (χ2v) is 5.53. The number of carbonyl (C=O) groups excluding carboxylic acids is 1. The number of carbonyl (C=O) groups is 1. The van der Waals surface area contributed by atoms with Crippen molar-refractivity contribution < 1.29 is 9.53 Å². The zero-order valence-electron chi connectivity index (χ0n) is 14.0. The number of nitrogens with one attached hydrogen (secondary N) is 1. The van der Waals surface area contributed by atoms with E-state index in [9.17, 15) is 4.79 Å². The van der Waals surface area contributed by atoms with E-state index in [-0.39, 0.29) is 11.9 Å². The third-order valence-electron chi connectivity index (χ3n) is 3.85. The van der Waals surface area contributed by atoms with E-state index in [0.717, 1.165) is 22.6 Å². The summed E-state index contributed by atoms with van der Waals surface area (Å²) in [5.74, 6) is 0.610. The maximum Gasteiger partial charge on any atom is 0.253 e. The van der Waals surface area contributed by atoms with Gasteiger partial charge < -0.3 is 10.1 Å². The molecule has 1 amide bonds. The van der Waals surface area contributed by atoms with Crippen LogP contribution in [0.15, 0.2) is 61.3 Å². The Hall–Kier alpha value is -3.28. The quantitative estimate of drug-likeness (QED) is 0.776. The predicted molar refractivity (Wildman–Crippen MR) is 94.1 cm³/mol. The molecule has 0 fully saturated rings. The fourth-order valence-corrected chi connectivity index (χ4v) is 2.39. The van der Waals surface area contributed by atoms with Gasteiger partial charge in [0.25, 0.3) is 5.91 Å². The molecule has 0 aliphatic heterocycles. The summed E-state index contributed by atoms with van der Waals surface area (Å²) in [5, 5.41) is 2.96. The lowest BCUT2D eigenvalue weighted by molar-refractivity contribution is 0.0939. The van der Waals surface area contributed by atoms with Crippen molar-refractivity contribution in [3.05, 3.63) is 72.4 Å². The molecule has 1 N–H and O–H groups in total. The van der Waals surface area contributed by atoms with Gasteiger partial charge in [-0.15, -0.1) is 0 Å². The third-order valence-corrected chi connectivity index (χ3v) is 3.85. The lowest BCUT2D eigenvalue weighted by atomic mass is 10.1. The van der Waals surface area contributed by atoms with Gasteiger partial charge in [0.05, 0.1) is 24.4 Å². The van der Waals surface area contributed by atoms with Crippen molar-refractivity contribution in [3.63, 3.8) is 0 Å². The summed E-state index contributed by atoms with van der Waals surface area (Å²) < 4.78 is 5.14. The number of methoxy groups -OCH3 is 1. The SMILES string of the molecule is COc1ccc([C@@H](C)NC(=O)c2ccc(-c3cncnc3)nc2)cc1. The monoisotopic (exact) mass is 334 g/mol. The first-order chi connectivity index (χ1) is 12.2. The van der Waals surface area contributed by atoms with Crippen molar-refractivity contribution in [3.8, 4) is 17.0 Å². The van der Waals surface area contributed by atoms with Crippen LogP contribution in [0.3, 0.4) is 0 Å². The Morgan fingerprint density at radius 3 is 2.36 bits per heavy atom. The van der Waals surface area contributed by atoms with Crippen molar-refractivity contribution in [1.29, 1.82) is 0 Å². The molecule has 0 spiro atoms. The molecule has 6 nitrogen and oxygen atoms in total. The fraction of sp³-hybridized carbons (Fsp3) is 0.158. The number of rotatable bonds is 5. The number of nitrogens with zero attached hydrogens (tertiary/aromatic N) is 3. The zero-order valence-corrected chi connectivity index (χ0v) is 14.0. The Labute approximate surface area is 145 Å². The second-order valence-electron chi connectivity index (χ2n) is 5.53. The molecule has 0 radical (unpaired) electrons. The molecule has 3 rings (SSSR count). The van der Waals surface area contributed by atoms with E-state index in [4.69, 9.17) is 4.74 Å². The molecular formula is C19H18N4O2. The van der Waals surface area contributed by atoms with Crippen LogP contribution in [0.2, 0.25) is 0 Å². The topological polar surface area (TPSA) is 77.0 Å². The van der Waals surface area contributed by atoms with Crippen molar-refractivity contribution in [1.82, 2.24) is 20.3 Å². The van der Waals surface area contributed by atoms with Crippen LogP contribution in [0.4, 0.5) is 0 Å². The van der Waals surface area contributed by atoms with Crippen LogP contribution in [0.25, 0.3) is 11.3 Å². The molecule has 2 heterocycles. The van der Waals surface area contributed by atoms with Gasteiger partial charge in [-0.3, -0.25) is 9.78 Å². The van der Waals surface area contributed by atoms with E-state index in [0.29, 0.717) is 5.56 Å². The molecule has 0 aliphatic rings. The van der Waals surface area contributed by atoms with Gasteiger partial charge in [0.2, 0.25) is 0 Å². The summed E-state index contributed by atoms with van der Waals surface area (Å²) in [6.45, 7) is 1.93. The molecule has 25 heavy (non-hydrogen) atoms. The average Bonchev–Trinajstić information content (AvgIpc) is 2.68. The van der Waals surface area contributed by atoms with E-state index < -0.39 is 0 Å². The van der Waals surface area contributed by atoms with E-state index in [1.54, 1.807) is 37.8 Å². The predicted octanol–water partition coefficient (Wildman–Crippen LogP) is 3.04. The first kappa shape index (κ1) is 16.6. The average molecular weight is 334 g/mol. The summed E-state index contributed by atoms with van der Waals surface area (Å²) in [5.41, 5.74) is 3.03. The van der Waals surface area contributed by atoms with Crippen molar-refractivity contribution in [2.24, 2.45) is 0 Å². The lowest BCUT2D eigenvalue weighted by Crippen LogP contribution is -2.26. The lowest BCUT2D eigenvalue weighted by Gasteiger charge is -2.15. The largest absolute Gasteiger partial charge is 0.497 e. The molecule has 0 aliphatic carbocycles. The summed E-state index contributed by atoms with van der Waals surface area (Å²) >= 11 is 0. The Morgan fingerprint density at radius 2 is 1.76 bits per heavy atom. The standard InChI is InChI=1S/C19H18N4O2/c1-13(14-3-6-17(25-2)7-4-14)23-19(24)15-5-8-18(22-11-15)16-9-20-12-21-10-16/h3-13H,1-2H3,(H,23,24)/t13-/m1/s1. The molecule has 1 aromatic carbocycles. The van der Waals surface area contributed by atoms with E-state index in [1.807, 2.05) is 31.2 Å². The van der Waals surface area contributed by atoms with Gasteiger partial charge in [-0.25, -0.2) is 9.97 Å². The number of aromatic nitrogens is 3. The van der Waals surface area contributed by atoms with Gasteiger partial charge in [0, 0.05) is 24.2 Å². The minimum atomic E-state index is -0.174. The molecule has 0 saturated heterocycles. The molecule has 0 unspecified atom stereocenters. The van der Waals surface area contributed by atoms with Crippen LogP contribution in [-0.4, -0.2) is 28.0 Å². The van der Waals surface area contributed by atoms with Gasteiger partial charge in [-0.2, -0.15) is 0 Å². The number of benzene rings is 1. The van der Waals surface area contributed by atoms with Crippen molar-refractivity contribution in [2.75, 3.05) is 7.11 Å². The van der Waals surface area contributed by atoms with E-state index in [2.05, 4.69) is 20.3 Å². The molecule has 3 aromatic rings. The first-order valence-corrected chi connectivity index (χ1v) is 7.83. The van der Waals surface area contributed by atoms with Crippen molar-refractivity contribution in [2.45, 2.75) is 13.0 Å². The van der Waals surface area contributed by atoms with Gasteiger partial charge in [-0.05, 0) is 36.8 Å². The van der Waals surface area contributed by atoms with Gasteiger partial charge in [0.15, 0.2) is 0 Å². The Kier molecular flexibility index (Phi) is 4.99. The van der Waals surface area contributed by atoms with E-state index in [1.165, 1.54) is 6.33 Å². The Balaban J connectivity index is 1.68. The number of pyridine rings is 1. The Morgan fingerprint density at radius 1 is 1.04 bits per heavy atom. The molecule has 1 atom stereocenters. The highest BCUT2D eigenvalue weighted by atomic mass is 16.5. The maximum absolute atomic E-state index is 12.4. The minimum Gasteiger partial charge on any atom is -0.497 e. The first-order valence-electron chi connectivity index (χ1n) is 7.83. The highest BCUT2D eigenvalue weighted by Gasteiger charge is 2.12. The van der Waals surface area contributed by atoms with Crippen molar-refractivity contribution >= 4 is 5.91 Å². The Bertz CT molecular complexity index is 834. The van der Waals surface area contributed by atoms with Gasteiger partial charge in [-0.1, -0.05) is 12.1 Å². The summed E-state index contributed by atoms with van der Waals surface area (Å²) in [4.78, 5) is 24.6. The number of hydrogen-bond acceptors (Lipinski definition) is 5. The normalized spacial score (nSPS) is 11.6. The molecule has 126 valence electrons. The number of hydrogen-bond donors (Lipinski definition) is 1. The van der Waals surface area contributed by atoms with Crippen LogP contribution < -0.4 is 10.1 Å². The van der Waals surface area contributed by atoms with Crippen LogP contribution in [0, 0.1) is 0 Å². The van der Waals surface area contributed by atoms with Crippen LogP contribution >= 0.6 is 0 Å². The van der Waals surface area contributed by atoms with Gasteiger partial charge >= 0.3 is 0 Å². The molecule has 0 bridgehead atoms. The molecule has 6 heteroatoms. The van der Waals surface area contributed by atoms with E-state index >= 15 is 0 Å². The number of amides is 1. The molecule has 0 saturated carbocycles. The number of ether oxygens (including phenoxy) is 1. The second kappa shape index (κ2) is 7.53. The van der Waals surface area contributed by atoms with Crippen LogP contribution in [0.5, 0.6) is 5.75 Å². The summed E-state index contributed by atoms with van der Waals surface area (Å²) in [6, 6.07) is 11.0.